The molecule has 0 spiro atoms. The van der Waals surface area contributed by atoms with Gasteiger partial charge < -0.3 is 24.8 Å². The largest absolute Gasteiger partial charge is 0.497 e. The third kappa shape index (κ3) is 3.50. The SMILES string of the molecule is COc1ccc(-c2ccc(C(=O)O)c(N3C[C@H]4COC[C@@H](C3)C(=O)N4)n2)cc1. The number of carboxylic acids is 1. The number of carbonyl (C=O) groups excluding carboxylic acids is 1. The minimum absolute atomic E-state index is 0.0619. The van der Waals surface area contributed by atoms with E-state index in [1.54, 1.807) is 19.2 Å². The van der Waals surface area contributed by atoms with E-state index in [4.69, 9.17) is 9.47 Å². The van der Waals surface area contributed by atoms with Crippen LogP contribution in [0.2, 0.25) is 0 Å². The van der Waals surface area contributed by atoms with Crippen LogP contribution in [-0.4, -0.2) is 61.4 Å². The lowest BCUT2D eigenvalue weighted by Gasteiger charge is -2.29. The number of rotatable bonds is 4. The van der Waals surface area contributed by atoms with Gasteiger partial charge >= 0.3 is 5.97 Å². The van der Waals surface area contributed by atoms with Crippen molar-refractivity contribution in [2.24, 2.45) is 5.92 Å². The normalized spacial score (nSPS) is 21.6. The molecule has 2 fully saturated rings. The van der Waals surface area contributed by atoms with E-state index in [1.165, 1.54) is 0 Å². The molecule has 0 saturated carbocycles. The van der Waals surface area contributed by atoms with Gasteiger partial charge in [0.05, 0.1) is 38.0 Å². The average Bonchev–Trinajstić information content (AvgIpc) is 2.96. The predicted octanol–water partition coefficient (Wildman–Crippen LogP) is 1.41. The lowest BCUT2D eigenvalue weighted by Crippen LogP contribution is -2.42. The van der Waals surface area contributed by atoms with Crippen molar-refractivity contribution in [3.63, 3.8) is 0 Å². The Balaban J connectivity index is 1.73. The number of hydrogen-bond acceptors (Lipinski definition) is 6. The molecule has 2 aliphatic rings. The molecule has 2 aliphatic heterocycles. The van der Waals surface area contributed by atoms with Gasteiger partial charge in [-0.15, -0.1) is 0 Å². The van der Waals surface area contributed by atoms with Crippen molar-refractivity contribution in [2.75, 3.05) is 38.3 Å². The molecular weight excluding hydrogens is 362 g/mol. The zero-order chi connectivity index (χ0) is 19.7. The molecule has 2 saturated heterocycles. The molecule has 4 rings (SSSR count). The first kappa shape index (κ1) is 18.2. The molecule has 3 heterocycles. The van der Waals surface area contributed by atoms with Crippen molar-refractivity contribution in [3.05, 3.63) is 42.0 Å². The molecule has 146 valence electrons. The molecule has 0 radical (unpaired) electrons. The lowest BCUT2D eigenvalue weighted by atomic mass is 10.1. The van der Waals surface area contributed by atoms with Crippen LogP contribution in [0.25, 0.3) is 11.3 Å². The Labute approximate surface area is 162 Å². The van der Waals surface area contributed by atoms with E-state index in [9.17, 15) is 14.7 Å². The molecule has 2 N–H and O–H groups in total. The highest BCUT2D eigenvalue weighted by Gasteiger charge is 2.35. The number of nitrogens with one attached hydrogen (secondary N) is 1. The quantitative estimate of drug-likeness (QED) is 0.823. The van der Waals surface area contributed by atoms with Crippen LogP contribution in [0.5, 0.6) is 5.75 Å². The van der Waals surface area contributed by atoms with Crippen molar-refractivity contribution in [2.45, 2.75) is 6.04 Å². The van der Waals surface area contributed by atoms with Crippen molar-refractivity contribution < 1.29 is 24.2 Å². The Hall–Kier alpha value is -3.13. The number of carbonyl (C=O) groups is 2. The van der Waals surface area contributed by atoms with E-state index in [2.05, 4.69) is 10.3 Å². The molecule has 1 amide bonds. The summed E-state index contributed by atoms with van der Waals surface area (Å²) in [5.74, 6) is -0.368. The second kappa shape index (κ2) is 7.47. The summed E-state index contributed by atoms with van der Waals surface area (Å²) in [4.78, 5) is 30.6. The number of anilines is 1. The van der Waals surface area contributed by atoms with Gasteiger partial charge in [-0.05, 0) is 36.4 Å². The Kier molecular flexibility index (Phi) is 4.87. The zero-order valence-electron chi connectivity index (χ0n) is 15.4. The van der Waals surface area contributed by atoms with Crippen LogP contribution in [0.4, 0.5) is 5.82 Å². The minimum Gasteiger partial charge on any atom is -0.497 e. The molecular formula is C20H21N3O5. The summed E-state index contributed by atoms with van der Waals surface area (Å²) in [6, 6.07) is 10.5. The van der Waals surface area contributed by atoms with E-state index >= 15 is 0 Å². The fraction of sp³-hybridized carbons (Fsp3) is 0.350. The second-order valence-electron chi connectivity index (χ2n) is 6.95. The zero-order valence-corrected chi connectivity index (χ0v) is 15.4. The summed E-state index contributed by atoms with van der Waals surface area (Å²) in [6.07, 6.45) is 0. The summed E-state index contributed by atoms with van der Waals surface area (Å²) >= 11 is 0. The third-order valence-corrected chi connectivity index (χ3v) is 5.03. The molecule has 2 aromatic rings. The summed E-state index contributed by atoms with van der Waals surface area (Å²) in [6.45, 7) is 1.53. The van der Waals surface area contributed by atoms with Crippen LogP contribution in [0.15, 0.2) is 36.4 Å². The van der Waals surface area contributed by atoms with Crippen molar-refractivity contribution in [3.8, 4) is 17.0 Å². The molecule has 8 heteroatoms. The average molecular weight is 383 g/mol. The number of methoxy groups -OCH3 is 1. The fourth-order valence-corrected chi connectivity index (χ4v) is 3.58. The van der Waals surface area contributed by atoms with Gasteiger partial charge in [0, 0.05) is 18.7 Å². The van der Waals surface area contributed by atoms with Gasteiger partial charge in [-0.3, -0.25) is 4.79 Å². The number of nitrogens with zero attached hydrogens (tertiary/aromatic N) is 2. The molecule has 2 bridgehead atoms. The maximum Gasteiger partial charge on any atom is 0.339 e. The highest BCUT2D eigenvalue weighted by Crippen LogP contribution is 2.28. The number of aromatic carboxylic acids is 1. The van der Waals surface area contributed by atoms with Crippen LogP contribution in [-0.2, 0) is 9.53 Å². The number of ether oxygens (including phenoxy) is 2. The number of aromatic nitrogens is 1. The Morgan fingerprint density at radius 3 is 2.71 bits per heavy atom. The van der Waals surface area contributed by atoms with E-state index in [0.29, 0.717) is 37.8 Å². The molecule has 28 heavy (non-hydrogen) atoms. The molecule has 0 aliphatic carbocycles. The van der Waals surface area contributed by atoms with Crippen LogP contribution >= 0.6 is 0 Å². The molecule has 1 aromatic heterocycles. The molecule has 8 nitrogen and oxygen atoms in total. The predicted molar refractivity (Wildman–Crippen MR) is 102 cm³/mol. The highest BCUT2D eigenvalue weighted by molar-refractivity contribution is 5.94. The molecule has 0 unspecified atom stereocenters. The number of carboxylic acid groups (broad SMARTS) is 1. The topological polar surface area (TPSA) is 101 Å². The first-order valence-corrected chi connectivity index (χ1v) is 9.07. The maximum atomic E-state index is 12.3. The number of pyridine rings is 1. The van der Waals surface area contributed by atoms with Crippen LogP contribution in [0, 0.1) is 5.92 Å². The van der Waals surface area contributed by atoms with Crippen molar-refractivity contribution in [1.82, 2.24) is 10.3 Å². The van der Waals surface area contributed by atoms with Crippen molar-refractivity contribution in [1.29, 1.82) is 0 Å². The Morgan fingerprint density at radius 2 is 2.00 bits per heavy atom. The smallest absolute Gasteiger partial charge is 0.339 e. The van der Waals surface area contributed by atoms with Crippen molar-refractivity contribution >= 4 is 17.7 Å². The number of hydrogen-bond donors (Lipinski definition) is 2. The first-order chi connectivity index (χ1) is 13.5. The summed E-state index contributed by atoms with van der Waals surface area (Å²) in [5, 5.41) is 12.6. The summed E-state index contributed by atoms with van der Waals surface area (Å²) in [5.41, 5.74) is 1.63. The Bertz CT molecular complexity index is 899. The van der Waals surface area contributed by atoms with Gasteiger partial charge in [-0.1, -0.05) is 0 Å². The van der Waals surface area contributed by atoms with E-state index in [1.807, 2.05) is 29.2 Å². The minimum atomic E-state index is -1.05. The van der Waals surface area contributed by atoms with Gasteiger partial charge in [-0.2, -0.15) is 0 Å². The summed E-state index contributed by atoms with van der Waals surface area (Å²) < 4.78 is 10.7. The fourth-order valence-electron chi connectivity index (χ4n) is 3.58. The first-order valence-electron chi connectivity index (χ1n) is 9.07. The van der Waals surface area contributed by atoms with Gasteiger partial charge in [0.25, 0.3) is 0 Å². The summed E-state index contributed by atoms with van der Waals surface area (Å²) in [7, 11) is 1.60. The molecule has 1 aromatic carbocycles. The second-order valence-corrected chi connectivity index (χ2v) is 6.95. The third-order valence-electron chi connectivity index (χ3n) is 5.03. The number of fused-ring (bicyclic) bond motifs is 3. The Morgan fingerprint density at radius 1 is 1.21 bits per heavy atom. The van der Waals surface area contributed by atoms with E-state index < -0.39 is 5.97 Å². The van der Waals surface area contributed by atoms with E-state index in [0.717, 1.165) is 11.3 Å². The number of benzene rings is 1. The molecule has 2 atom stereocenters. The van der Waals surface area contributed by atoms with Gasteiger partial charge in [0.1, 0.15) is 17.1 Å². The van der Waals surface area contributed by atoms with Crippen LogP contribution in [0.1, 0.15) is 10.4 Å². The van der Waals surface area contributed by atoms with Gasteiger partial charge in [0.15, 0.2) is 0 Å². The standard InChI is InChI=1S/C20H21N3O5/c1-27-15-4-2-12(3-5-15)17-7-6-16(20(25)26)18(22-17)23-8-13-10-28-11-14(9-23)21-19(13)24/h2-7,13-14H,8-11H2,1H3,(H,21,24)(H,25,26)/t13-,14+/m1/s1. The lowest BCUT2D eigenvalue weighted by molar-refractivity contribution is -0.124. The monoisotopic (exact) mass is 383 g/mol. The van der Waals surface area contributed by atoms with E-state index in [-0.39, 0.29) is 23.4 Å². The highest BCUT2D eigenvalue weighted by atomic mass is 16.5. The maximum absolute atomic E-state index is 12.3. The number of amides is 1. The van der Waals surface area contributed by atoms with Crippen LogP contribution < -0.4 is 15.0 Å². The van der Waals surface area contributed by atoms with Crippen LogP contribution in [0.3, 0.4) is 0 Å². The van der Waals surface area contributed by atoms with Gasteiger partial charge in [-0.25, -0.2) is 9.78 Å². The van der Waals surface area contributed by atoms with Gasteiger partial charge in [0.2, 0.25) is 5.91 Å².